The first-order valence-corrected chi connectivity index (χ1v) is 7.15. The molecular weight excluding hydrogens is 246 g/mol. The number of ether oxygens (including phenoxy) is 1. The van der Waals surface area contributed by atoms with Gasteiger partial charge in [-0.3, -0.25) is 0 Å². The fraction of sp³-hybridized carbons (Fsp3) is 0.600. The van der Waals surface area contributed by atoms with Crippen LogP contribution in [0.25, 0.3) is 0 Å². The third-order valence-electron chi connectivity index (χ3n) is 3.60. The summed E-state index contributed by atoms with van der Waals surface area (Å²) in [7, 11) is 0. The van der Waals surface area contributed by atoms with Gasteiger partial charge >= 0.3 is 0 Å². The first-order valence-electron chi connectivity index (χ1n) is 6.77. The van der Waals surface area contributed by atoms with Crippen LogP contribution in [0.3, 0.4) is 0 Å². The highest BCUT2D eigenvalue weighted by Gasteiger charge is 2.12. The third-order valence-corrected chi connectivity index (χ3v) is 4.20. The molecule has 1 heterocycles. The molecule has 1 atom stereocenters. The lowest BCUT2D eigenvalue weighted by Gasteiger charge is -2.22. The second kappa shape index (κ2) is 6.44. The van der Waals surface area contributed by atoms with Crippen molar-refractivity contribution in [1.29, 1.82) is 0 Å². The van der Waals surface area contributed by atoms with Crippen molar-refractivity contribution >= 4 is 11.6 Å². The highest BCUT2D eigenvalue weighted by atomic mass is 35.5. The summed E-state index contributed by atoms with van der Waals surface area (Å²) in [5.74, 6) is 1.71. The molecule has 2 rings (SSSR count). The zero-order chi connectivity index (χ0) is 13.0. The van der Waals surface area contributed by atoms with E-state index >= 15 is 0 Å². The average molecular weight is 268 g/mol. The lowest BCUT2D eigenvalue weighted by Crippen LogP contribution is -2.30. The Kier molecular flexibility index (Phi) is 4.90. The topological polar surface area (TPSA) is 21.3 Å². The summed E-state index contributed by atoms with van der Waals surface area (Å²) in [5.41, 5.74) is 2.18. The Labute approximate surface area is 115 Å². The van der Waals surface area contributed by atoms with Crippen LogP contribution in [0.2, 0.25) is 5.02 Å². The van der Waals surface area contributed by atoms with Gasteiger partial charge < -0.3 is 10.1 Å². The van der Waals surface area contributed by atoms with Crippen molar-refractivity contribution in [3.05, 3.63) is 28.3 Å². The molecule has 1 N–H and O–H groups in total. The first-order chi connectivity index (χ1) is 8.66. The molecule has 1 unspecified atom stereocenters. The standard InChI is InChI=1S/C15H22ClNO/c1-11-8-14(9-12(2)15(11)16)18-7-5-13-4-3-6-17-10-13/h8-9,13,17H,3-7,10H2,1-2H3. The predicted molar refractivity (Wildman–Crippen MR) is 76.6 cm³/mol. The Hall–Kier alpha value is -0.730. The van der Waals surface area contributed by atoms with Crippen molar-refractivity contribution in [1.82, 2.24) is 5.32 Å². The lowest BCUT2D eigenvalue weighted by molar-refractivity contribution is 0.254. The molecule has 0 radical (unpaired) electrons. The molecule has 1 aliphatic rings. The number of benzene rings is 1. The third kappa shape index (κ3) is 3.63. The van der Waals surface area contributed by atoms with Crippen LogP contribution in [0.15, 0.2) is 12.1 Å². The molecule has 1 aromatic carbocycles. The van der Waals surface area contributed by atoms with Gasteiger partial charge in [0.05, 0.1) is 6.61 Å². The molecule has 0 amide bonds. The van der Waals surface area contributed by atoms with Crippen molar-refractivity contribution in [3.8, 4) is 5.75 Å². The minimum atomic E-state index is 0.772. The fourth-order valence-electron chi connectivity index (χ4n) is 2.50. The first kappa shape index (κ1) is 13.7. The van der Waals surface area contributed by atoms with Crippen molar-refractivity contribution in [2.24, 2.45) is 5.92 Å². The molecule has 0 bridgehead atoms. The minimum Gasteiger partial charge on any atom is -0.494 e. The molecule has 1 saturated heterocycles. The van der Waals surface area contributed by atoms with Crippen molar-refractivity contribution in [3.63, 3.8) is 0 Å². The summed E-state index contributed by atoms with van der Waals surface area (Å²) in [6, 6.07) is 4.04. The molecule has 18 heavy (non-hydrogen) atoms. The van der Waals surface area contributed by atoms with Crippen LogP contribution in [-0.2, 0) is 0 Å². The Bertz CT molecular complexity index is 376. The van der Waals surface area contributed by atoms with Crippen LogP contribution in [-0.4, -0.2) is 19.7 Å². The Balaban J connectivity index is 1.82. The van der Waals surface area contributed by atoms with Gasteiger partial charge in [-0.2, -0.15) is 0 Å². The van der Waals surface area contributed by atoms with Crippen LogP contribution in [0.4, 0.5) is 0 Å². The van der Waals surface area contributed by atoms with Crippen LogP contribution in [0.1, 0.15) is 30.4 Å². The molecule has 0 aromatic heterocycles. The van der Waals surface area contributed by atoms with Gasteiger partial charge in [0.25, 0.3) is 0 Å². The van der Waals surface area contributed by atoms with E-state index in [0.29, 0.717) is 0 Å². The molecule has 1 aliphatic heterocycles. The predicted octanol–water partition coefficient (Wildman–Crippen LogP) is 3.73. The largest absolute Gasteiger partial charge is 0.494 e. The monoisotopic (exact) mass is 267 g/mol. The summed E-state index contributed by atoms with van der Waals surface area (Å²) < 4.78 is 5.84. The van der Waals surface area contributed by atoms with E-state index in [0.717, 1.165) is 47.4 Å². The lowest BCUT2D eigenvalue weighted by atomic mass is 9.97. The Morgan fingerprint density at radius 2 is 2.06 bits per heavy atom. The second-order valence-corrected chi connectivity index (χ2v) is 5.60. The highest BCUT2D eigenvalue weighted by molar-refractivity contribution is 6.32. The number of hydrogen-bond donors (Lipinski definition) is 1. The van der Waals surface area contributed by atoms with E-state index in [9.17, 15) is 0 Å². The summed E-state index contributed by atoms with van der Waals surface area (Å²) in [6.45, 7) is 7.16. The van der Waals surface area contributed by atoms with Crippen molar-refractivity contribution < 1.29 is 4.74 Å². The maximum Gasteiger partial charge on any atom is 0.119 e. The van der Waals surface area contributed by atoms with Crippen LogP contribution in [0, 0.1) is 19.8 Å². The number of halogens is 1. The molecule has 2 nitrogen and oxygen atoms in total. The maximum absolute atomic E-state index is 6.14. The van der Waals surface area contributed by atoms with Gasteiger partial charge in [-0.25, -0.2) is 0 Å². The number of nitrogens with one attached hydrogen (secondary N) is 1. The molecule has 1 fully saturated rings. The Morgan fingerprint density at radius 3 is 2.67 bits per heavy atom. The number of hydrogen-bond acceptors (Lipinski definition) is 2. The number of aryl methyl sites for hydroxylation is 2. The van der Waals surface area contributed by atoms with Crippen molar-refractivity contribution in [2.75, 3.05) is 19.7 Å². The van der Waals surface area contributed by atoms with Gasteiger partial charge in [0.2, 0.25) is 0 Å². The van der Waals surface area contributed by atoms with E-state index < -0.39 is 0 Å². The smallest absolute Gasteiger partial charge is 0.119 e. The average Bonchev–Trinajstić information content (AvgIpc) is 2.37. The fourth-order valence-corrected chi connectivity index (χ4v) is 2.61. The van der Waals surface area contributed by atoms with E-state index in [1.54, 1.807) is 0 Å². The van der Waals surface area contributed by atoms with E-state index in [4.69, 9.17) is 16.3 Å². The van der Waals surface area contributed by atoms with Crippen LogP contribution < -0.4 is 10.1 Å². The SMILES string of the molecule is Cc1cc(OCCC2CCCNC2)cc(C)c1Cl. The summed E-state index contributed by atoms with van der Waals surface area (Å²) >= 11 is 6.14. The number of piperidine rings is 1. The van der Waals surface area contributed by atoms with Crippen LogP contribution in [0.5, 0.6) is 5.75 Å². The second-order valence-electron chi connectivity index (χ2n) is 5.22. The zero-order valence-electron chi connectivity index (χ0n) is 11.3. The molecule has 0 aliphatic carbocycles. The summed E-state index contributed by atoms with van der Waals surface area (Å²) in [4.78, 5) is 0. The van der Waals surface area contributed by atoms with Gasteiger partial charge in [0.15, 0.2) is 0 Å². The summed E-state index contributed by atoms with van der Waals surface area (Å²) in [6.07, 6.45) is 3.76. The van der Waals surface area contributed by atoms with Gasteiger partial charge in [-0.1, -0.05) is 11.6 Å². The highest BCUT2D eigenvalue weighted by Crippen LogP contribution is 2.26. The van der Waals surface area contributed by atoms with Gasteiger partial charge in [-0.05, 0) is 75.4 Å². The van der Waals surface area contributed by atoms with E-state index in [1.807, 2.05) is 26.0 Å². The molecule has 3 heteroatoms. The molecule has 100 valence electrons. The summed E-state index contributed by atoms with van der Waals surface area (Å²) in [5, 5.41) is 4.28. The van der Waals surface area contributed by atoms with Gasteiger partial charge in [0, 0.05) is 5.02 Å². The number of rotatable bonds is 4. The van der Waals surface area contributed by atoms with E-state index in [2.05, 4.69) is 5.32 Å². The van der Waals surface area contributed by atoms with Crippen molar-refractivity contribution in [2.45, 2.75) is 33.1 Å². The van der Waals surface area contributed by atoms with Gasteiger partial charge in [-0.15, -0.1) is 0 Å². The minimum absolute atomic E-state index is 0.772. The van der Waals surface area contributed by atoms with Crippen LogP contribution >= 0.6 is 11.6 Å². The molecule has 0 saturated carbocycles. The zero-order valence-corrected chi connectivity index (χ0v) is 12.0. The Morgan fingerprint density at radius 1 is 1.33 bits per heavy atom. The molecular formula is C15H22ClNO. The molecule has 0 spiro atoms. The van der Waals surface area contributed by atoms with E-state index in [-0.39, 0.29) is 0 Å². The molecule has 1 aromatic rings. The van der Waals surface area contributed by atoms with Gasteiger partial charge in [0.1, 0.15) is 5.75 Å². The quantitative estimate of drug-likeness (QED) is 0.898. The normalized spacial score (nSPS) is 19.8. The van der Waals surface area contributed by atoms with E-state index in [1.165, 1.54) is 19.4 Å². The maximum atomic E-state index is 6.14.